The molecule has 0 aliphatic heterocycles. The van der Waals surface area contributed by atoms with Crippen LogP contribution in [0.25, 0.3) is 11.0 Å². The van der Waals surface area contributed by atoms with E-state index in [9.17, 15) is 4.79 Å². The highest BCUT2D eigenvalue weighted by molar-refractivity contribution is 6.05. The smallest absolute Gasteiger partial charge is 0.291 e. The number of furan rings is 1. The van der Waals surface area contributed by atoms with E-state index in [2.05, 4.69) is 19.2 Å². The Hall–Kier alpha value is -2.55. The van der Waals surface area contributed by atoms with Crippen molar-refractivity contribution in [1.82, 2.24) is 0 Å². The van der Waals surface area contributed by atoms with Gasteiger partial charge in [0.15, 0.2) is 5.76 Å². The van der Waals surface area contributed by atoms with Crippen molar-refractivity contribution in [2.24, 2.45) is 0 Å². The first-order valence-corrected chi connectivity index (χ1v) is 7.45. The van der Waals surface area contributed by atoms with Crippen molar-refractivity contribution >= 4 is 22.6 Å². The van der Waals surface area contributed by atoms with Crippen LogP contribution in [0.2, 0.25) is 0 Å². The van der Waals surface area contributed by atoms with Gasteiger partial charge in [-0.2, -0.15) is 0 Å². The molecule has 3 heteroatoms. The summed E-state index contributed by atoms with van der Waals surface area (Å²) in [6.45, 7) is 6.21. The van der Waals surface area contributed by atoms with Crippen molar-refractivity contribution in [2.75, 3.05) is 5.32 Å². The van der Waals surface area contributed by atoms with Crippen LogP contribution in [0.1, 0.15) is 41.4 Å². The molecule has 0 aliphatic rings. The summed E-state index contributed by atoms with van der Waals surface area (Å²) in [6.07, 6.45) is 0. The Bertz CT molecular complexity index is 830. The van der Waals surface area contributed by atoms with Crippen molar-refractivity contribution in [1.29, 1.82) is 0 Å². The van der Waals surface area contributed by atoms with Gasteiger partial charge in [-0.3, -0.25) is 4.79 Å². The average Bonchev–Trinajstić information content (AvgIpc) is 2.90. The fraction of sp³-hybridized carbons (Fsp3) is 0.211. The number of carbonyl (C=O) groups excluding carboxylic acids is 1. The number of aryl methyl sites for hydroxylation is 1. The molecular weight excluding hydrogens is 274 g/mol. The first-order chi connectivity index (χ1) is 10.5. The van der Waals surface area contributed by atoms with Gasteiger partial charge in [-0.25, -0.2) is 0 Å². The van der Waals surface area contributed by atoms with Crippen molar-refractivity contribution in [3.63, 3.8) is 0 Å². The summed E-state index contributed by atoms with van der Waals surface area (Å²) in [7, 11) is 0. The predicted octanol–water partition coefficient (Wildman–Crippen LogP) is 5.12. The van der Waals surface area contributed by atoms with E-state index in [0.29, 0.717) is 11.7 Å². The number of nitrogens with one attached hydrogen (secondary N) is 1. The standard InChI is InChI=1S/C19H19NO2/c1-12(2)15-6-4-5-7-16(15)20-19(21)18-11-14-9-8-13(3)10-17(14)22-18/h4-12H,1-3H3,(H,20,21). The lowest BCUT2D eigenvalue weighted by Gasteiger charge is -2.12. The third-order valence-electron chi connectivity index (χ3n) is 3.73. The SMILES string of the molecule is Cc1ccc2cc(C(=O)Nc3ccccc3C(C)C)oc2c1. The Morgan fingerprint density at radius 2 is 1.86 bits per heavy atom. The minimum Gasteiger partial charge on any atom is -0.451 e. The maximum absolute atomic E-state index is 12.4. The lowest BCUT2D eigenvalue weighted by Crippen LogP contribution is -2.12. The van der Waals surface area contributed by atoms with Gasteiger partial charge in [0.05, 0.1) is 0 Å². The molecule has 1 N–H and O–H groups in total. The van der Waals surface area contributed by atoms with Crippen LogP contribution in [0.3, 0.4) is 0 Å². The van der Waals surface area contributed by atoms with Gasteiger partial charge < -0.3 is 9.73 Å². The van der Waals surface area contributed by atoms with Crippen LogP contribution in [0.4, 0.5) is 5.69 Å². The van der Waals surface area contributed by atoms with Gasteiger partial charge in [0, 0.05) is 11.1 Å². The Morgan fingerprint density at radius 3 is 2.64 bits per heavy atom. The number of hydrogen-bond donors (Lipinski definition) is 1. The van der Waals surface area contributed by atoms with Gasteiger partial charge in [-0.15, -0.1) is 0 Å². The number of rotatable bonds is 3. The normalized spacial score (nSPS) is 11.1. The third kappa shape index (κ3) is 2.75. The zero-order chi connectivity index (χ0) is 15.7. The molecule has 0 aliphatic carbocycles. The van der Waals surface area contributed by atoms with Gasteiger partial charge in [0.2, 0.25) is 0 Å². The van der Waals surface area contributed by atoms with Crippen molar-refractivity contribution in [3.8, 4) is 0 Å². The Balaban J connectivity index is 1.90. The maximum Gasteiger partial charge on any atom is 0.291 e. The zero-order valence-corrected chi connectivity index (χ0v) is 13.0. The van der Waals surface area contributed by atoms with Crippen LogP contribution in [0.15, 0.2) is 52.9 Å². The summed E-state index contributed by atoms with van der Waals surface area (Å²) in [6, 6.07) is 15.5. The number of amides is 1. The molecule has 3 rings (SSSR count). The summed E-state index contributed by atoms with van der Waals surface area (Å²) >= 11 is 0. The summed E-state index contributed by atoms with van der Waals surface area (Å²) in [5, 5.41) is 3.89. The van der Waals surface area contributed by atoms with Crippen LogP contribution in [-0.2, 0) is 0 Å². The third-order valence-corrected chi connectivity index (χ3v) is 3.73. The second kappa shape index (κ2) is 5.68. The number of anilines is 1. The Morgan fingerprint density at radius 1 is 1.09 bits per heavy atom. The van der Waals surface area contributed by atoms with Gasteiger partial charge in [0.1, 0.15) is 5.58 Å². The van der Waals surface area contributed by atoms with Crippen LogP contribution in [-0.4, -0.2) is 5.91 Å². The van der Waals surface area contributed by atoms with Gasteiger partial charge in [-0.05, 0) is 42.2 Å². The number of hydrogen-bond acceptors (Lipinski definition) is 2. The molecule has 0 bridgehead atoms. The molecule has 22 heavy (non-hydrogen) atoms. The number of fused-ring (bicyclic) bond motifs is 1. The molecule has 1 aromatic heterocycles. The van der Waals surface area contributed by atoms with Crippen LogP contribution in [0.5, 0.6) is 0 Å². The van der Waals surface area contributed by atoms with E-state index in [1.54, 1.807) is 6.07 Å². The van der Waals surface area contributed by atoms with E-state index in [-0.39, 0.29) is 5.91 Å². The topological polar surface area (TPSA) is 42.2 Å². The molecule has 1 amide bonds. The second-order valence-electron chi connectivity index (χ2n) is 5.85. The predicted molar refractivity (Wildman–Crippen MR) is 89.4 cm³/mol. The molecular formula is C19H19NO2. The van der Waals surface area contributed by atoms with E-state index in [1.807, 2.05) is 49.4 Å². The maximum atomic E-state index is 12.4. The lowest BCUT2D eigenvalue weighted by atomic mass is 10.0. The van der Waals surface area contributed by atoms with E-state index in [1.165, 1.54) is 0 Å². The monoisotopic (exact) mass is 293 g/mol. The first kappa shape index (κ1) is 14.4. The average molecular weight is 293 g/mol. The second-order valence-corrected chi connectivity index (χ2v) is 5.85. The molecule has 3 nitrogen and oxygen atoms in total. The number of carbonyl (C=O) groups is 1. The van der Waals surface area contributed by atoms with E-state index >= 15 is 0 Å². The molecule has 112 valence electrons. The van der Waals surface area contributed by atoms with Crippen LogP contribution < -0.4 is 5.32 Å². The van der Waals surface area contributed by atoms with E-state index in [4.69, 9.17) is 4.42 Å². The summed E-state index contributed by atoms with van der Waals surface area (Å²) in [4.78, 5) is 12.4. The molecule has 0 saturated carbocycles. The van der Waals surface area contributed by atoms with Gasteiger partial charge in [-0.1, -0.05) is 44.2 Å². The molecule has 0 atom stereocenters. The zero-order valence-electron chi connectivity index (χ0n) is 13.0. The summed E-state index contributed by atoms with van der Waals surface area (Å²) in [5.41, 5.74) is 3.79. The van der Waals surface area contributed by atoms with Crippen LogP contribution >= 0.6 is 0 Å². The van der Waals surface area contributed by atoms with Gasteiger partial charge >= 0.3 is 0 Å². The van der Waals surface area contributed by atoms with Crippen molar-refractivity contribution in [2.45, 2.75) is 26.7 Å². The largest absolute Gasteiger partial charge is 0.451 e. The molecule has 1 heterocycles. The van der Waals surface area contributed by atoms with E-state index < -0.39 is 0 Å². The number of para-hydroxylation sites is 1. The fourth-order valence-corrected chi connectivity index (χ4v) is 2.55. The Kier molecular flexibility index (Phi) is 3.72. The van der Waals surface area contributed by atoms with E-state index in [0.717, 1.165) is 27.8 Å². The fourth-order valence-electron chi connectivity index (χ4n) is 2.55. The molecule has 0 radical (unpaired) electrons. The molecule has 3 aromatic rings. The quantitative estimate of drug-likeness (QED) is 0.728. The molecule has 0 saturated heterocycles. The van der Waals surface area contributed by atoms with Crippen molar-refractivity contribution in [3.05, 3.63) is 65.4 Å². The number of benzene rings is 2. The molecule has 2 aromatic carbocycles. The minimum absolute atomic E-state index is 0.220. The first-order valence-electron chi connectivity index (χ1n) is 7.45. The highest BCUT2D eigenvalue weighted by atomic mass is 16.3. The minimum atomic E-state index is -0.220. The molecule has 0 spiro atoms. The molecule has 0 fully saturated rings. The Labute approximate surface area is 130 Å². The van der Waals surface area contributed by atoms with Crippen molar-refractivity contribution < 1.29 is 9.21 Å². The lowest BCUT2D eigenvalue weighted by molar-refractivity contribution is 0.0998. The van der Waals surface area contributed by atoms with Crippen LogP contribution in [0, 0.1) is 6.92 Å². The summed E-state index contributed by atoms with van der Waals surface area (Å²) in [5.74, 6) is 0.455. The molecule has 0 unspecified atom stereocenters. The summed E-state index contributed by atoms with van der Waals surface area (Å²) < 4.78 is 5.67. The highest BCUT2D eigenvalue weighted by Crippen LogP contribution is 2.25. The highest BCUT2D eigenvalue weighted by Gasteiger charge is 2.15. The van der Waals surface area contributed by atoms with Gasteiger partial charge in [0.25, 0.3) is 5.91 Å².